The molecule has 0 aliphatic carbocycles. The summed E-state index contributed by atoms with van der Waals surface area (Å²) < 4.78 is 59.8. The van der Waals surface area contributed by atoms with Crippen molar-refractivity contribution in [3.8, 4) is 5.75 Å². The van der Waals surface area contributed by atoms with Crippen molar-refractivity contribution < 1.29 is 27.1 Å². The second-order valence-corrected chi connectivity index (χ2v) is 9.33. The Labute approximate surface area is 206 Å². The number of halogens is 4. The van der Waals surface area contributed by atoms with Crippen LogP contribution in [-0.2, 0) is 12.0 Å². The van der Waals surface area contributed by atoms with Gasteiger partial charge in [-0.3, -0.25) is 9.80 Å². The Morgan fingerprint density at radius 3 is 2.42 bits per heavy atom. The summed E-state index contributed by atoms with van der Waals surface area (Å²) in [6.07, 6.45) is 1.46. The van der Waals surface area contributed by atoms with Crippen LogP contribution in [0.3, 0.4) is 0 Å². The zero-order valence-electron chi connectivity index (χ0n) is 19.7. The van der Waals surface area contributed by atoms with Gasteiger partial charge in [0.05, 0.1) is 12.8 Å². The van der Waals surface area contributed by atoms with Gasteiger partial charge in [-0.1, -0.05) is 6.07 Å². The number of hydrogen-bond acceptors (Lipinski definition) is 3. The molecule has 9 heteroatoms. The highest BCUT2D eigenvalue weighted by molar-refractivity contribution is 6.03. The molecule has 0 radical (unpaired) electrons. The zero-order valence-corrected chi connectivity index (χ0v) is 19.7. The molecule has 0 unspecified atom stereocenters. The summed E-state index contributed by atoms with van der Waals surface area (Å²) in [5.74, 6) is -2.64. The molecule has 0 atom stereocenters. The van der Waals surface area contributed by atoms with Crippen LogP contribution in [0.5, 0.6) is 5.75 Å². The first-order valence-corrected chi connectivity index (χ1v) is 11.7. The van der Waals surface area contributed by atoms with E-state index in [1.54, 1.807) is 24.1 Å². The summed E-state index contributed by atoms with van der Waals surface area (Å²) in [6, 6.07) is 12.0. The van der Waals surface area contributed by atoms with Gasteiger partial charge < -0.3 is 10.1 Å². The number of nitrogens with zero attached hydrogens (tertiary/aromatic N) is 2. The lowest BCUT2D eigenvalue weighted by atomic mass is 9.74. The minimum atomic E-state index is -0.869. The Kier molecular flexibility index (Phi) is 6.34. The molecule has 1 N–H and O–H groups in total. The van der Waals surface area contributed by atoms with Gasteiger partial charge in [-0.15, -0.1) is 0 Å². The van der Waals surface area contributed by atoms with Gasteiger partial charge in [0, 0.05) is 30.3 Å². The number of benzene rings is 3. The van der Waals surface area contributed by atoms with Gasteiger partial charge in [0.2, 0.25) is 0 Å². The van der Waals surface area contributed by atoms with E-state index in [0.717, 1.165) is 36.6 Å². The third kappa shape index (κ3) is 4.51. The van der Waals surface area contributed by atoms with E-state index in [4.69, 9.17) is 4.74 Å². The average molecular weight is 500 g/mol. The topological polar surface area (TPSA) is 44.8 Å². The van der Waals surface area contributed by atoms with E-state index < -0.39 is 29.3 Å². The molecule has 3 aromatic rings. The quantitative estimate of drug-likeness (QED) is 0.459. The summed E-state index contributed by atoms with van der Waals surface area (Å²) in [5.41, 5.74) is 1.95. The first-order valence-electron chi connectivity index (χ1n) is 11.7. The van der Waals surface area contributed by atoms with Crippen molar-refractivity contribution in [2.45, 2.75) is 24.8 Å². The number of fused-ring (bicyclic) bond motifs is 2. The van der Waals surface area contributed by atoms with Crippen molar-refractivity contribution in [1.29, 1.82) is 0 Å². The van der Waals surface area contributed by atoms with Gasteiger partial charge in [-0.25, -0.2) is 22.4 Å². The van der Waals surface area contributed by atoms with E-state index in [1.807, 2.05) is 12.1 Å². The number of hydrogen-bond donors (Lipinski definition) is 1. The first kappa shape index (κ1) is 24.1. The number of piperidine rings is 1. The smallest absolute Gasteiger partial charge is 0.326 e. The number of methoxy groups -OCH3 is 1. The largest absolute Gasteiger partial charge is 0.497 e. The lowest BCUT2D eigenvalue weighted by molar-refractivity contribution is 0.159. The maximum atomic E-state index is 14.2. The maximum Gasteiger partial charge on any atom is 0.326 e. The molecule has 2 amide bonds. The van der Waals surface area contributed by atoms with Crippen LogP contribution in [-0.4, -0.2) is 37.7 Å². The van der Waals surface area contributed by atoms with Crippen molar-refractivity contribution in [3.63, 3.8) is 0 Å². The Bertz CT molecular complexity index is 1310. The minimum Gasteiger partial charge on any atom is -0.497 e. The van der Waals surface area contributed by atoms with Crippen molar-refractivity contribution >= 4 is 17.4 Å². The van der Waals surface area contributed by atoms with E-state index in [2.05, 4.69) is 10.2 Å². The zero-order chi connectivity index (χ0) is 25.4. The lowest BCUT2D eigenvalue weighted by Gasteiger charge is -2.40. The fraction of sp³-hybridized carbons (Fsp3) is 0.296. The molecule has 2 heterocycles. The summed E-state index contributed by atoms with van der Waals surface area (Å²) in [5, 5.41) is 2.56. The van der Waals surface area contributed by atoms with Crippen molar-refractivity contribution in [2.75, 3.05) is 37.0 Å². The third-order valence-electron chi connectivity index (χ3n) is 7.15. The number of carbonyl (C=O) groups excluding carboxylic acids is 1. The van der Waals surface area contributed by atoms with Gasteiger partial charge >= 0.3 is 6.03 Å². The molecule has 2 aliphatic heterocycles. The molecule has 1 fully saturated rings. The first-order chi connectivity index (χ1) is 17.3. The van der Waals surface area contributed by atoms with E-state index in [9.17, 15) is 22.4 Å². The van der Waals surface area contributed by atoms with Crippen LogP contribution in [0.15, 0.2) is 54.6 Å². The minimum absolute atomic E-state index is 0.0984. The Hall–Kier alpha value is -3.59. The number of nitrogens with one attached hydrogen (secondary N) is 1. The molecular weight excluding hydrogens is 474 g/mol. The monoisotopic (exact) mass is 499 g/mol. The van der Waals surface area contributed by atoms with Crippen LogP contribution >= 0.6 is 0 Å². The van der Waals surface area contributed by atoms with E-state index in [-0.39, 0.29) is 11.1 Å². The van der Waals surface area contributed by atoms with Crippen molar-refractivity contribution in [1.82, 2.24) is 4.90 Å². The summed E-state index contributed by atoms with van der Waals surface area (Å²) >= 11 is 0. The number of anilines is 2. The third-order valence-corrected chi connectivity index (χ3v) is 7.15. The highest BCUT2D eigenvalue weighted by Gasteiger charge is 2.46. The van der Waals surface area contributed by atoms with Crippen LogP contribution in [0.1, 0.15) is 24.0 Å². The number of likely N-dealkylation sites (tertiary alicyclic amines) is 1. The number of carbonyl (C=O) groups is 1. The SMILES string of the molecule is COc1ccc2c(c1)C1(CCN(Cc3ccc(F)c(F)c3)CC1)CN2C(=O)Nc1ccc(F)cc1F. The summed E-state index contributed by atoms with van der Waals surface area (Å²) in [4.78, 5) is 17.0. The standard InChI is InChI=1S/C27H25F4N3O2/c1-36-19-4-7-25-20(14-19)27(16-34(25)26(35)32-24-6-3-18(28)13-23(24)31)8-10-33(11-9-27)15-17-2-5-21(29)22(30)12-17/h2-7,12-14H,8-11,15-16H2,1H3,(H,32,35). The van der Waals surface area contributed by atoms with E-state index in [0.29, 0.717) is 43.2 Å². The number of urea groups is 1. The molecule has 1 saturated heterocycles. The molecule has 0 aromatic heterocycles. The van der Waals surface area contributed by atoms with Crippen molar-refractivity contribution in [3.05, 3.63) is 89.0 Å². The van der Waals surface area contributed by atoms with Crippen molar-refractivity contribution in [2.24, 2.45) is 0 Å². The average Bonchev–Trinajstić information content (AvgIpc) is 3.18. The molecule has 5 rings (SSSR count). The number of ether oxygens (including phenoxy) is 1. The molecular formula is C27H25F4N3O2. The normalized spacial score (nSPS) is 16.8. The molecule has 188 valence electrons. The second kappa shape index (κ2) is 9.46. The fourth-order valence-electron chi connectivity index (χ4n) is 5.19. The van der Waals surface area contributed by atoms with Crippen LogP contribution in [0, 0.1) is 23.3 Å². The summed E-state index contributed by atoms with van der Waals surface area (Å²) in [7, 11) is 1.58. The van der Waals surface area contributed by atoms with E-state index in [1.165, 1.54) is 12.1 Å². The van der Waals surface area contributed by atoms with Gasteiger partial charge in [0.15, 0.2) is 11.6 Å². The van der Waals surface area contributed by atoms with E-state index >= 15 is 0 Å². The van der Waals surface area contributed by atoms with Crippen LogP contribution < -0.4 is 15.0 Å². The predicted octanol–water partition coefficient (Wildman–Crippen LogP) is 5.84. The maximum absolute atomic E-state index is 14.2. The highest BCUT2D eigenvalue weighted by atomic mass is 19.2. The highest BCUT2D eigenvalue weighted by Crippen LogP contribution is 2.48. The summed E-state index contributed by atoms with van der Waals surface area (Å²) in [6.45, 7) is 2.27. The molecule has 3 aromatic carbocycles. The van der Waals surface area contributed by atoms with Crippen LogP contribution in [0.4, 0.5) is 33.7 Å². The van der Waals surface area contributed by atoms with Crippen LogP contribution in [0.25, 0.3) is 0 Å². The number of amides is 2. The number of rotatable bonds is 4. The van der Waals surface area contributed by atoms with Crippen LogP contribution in [0.2, 0.25) is 0 Å². The molecule has 36 heavy (non-hydrogen) atoms. The van der Waals surface area contributed by atoms with Gasteiger partial charge in [-0.05, 0) is 79.5 Å². The molecule has 0 saturated carbocycles. The predicted molar refractivity (Wildman–Crippen MR) is 128 cm³/mol. The molecule has 2 aliphatic rings. The molecule has 0 bridgehead atoms. The van der Waals surface area contributed by atoms with Gasteiger partial charge in [-0.2, -0.15) is 0 Å². The lowest BCUT2D eigenvalue weighted by Crippen LogP contribution is -2.46. The Balaban J connectivity index is 1.36. The fourth-order valence-corrected chi connectivity index (χ4v) is 5.19. The molecule has 1 spiro atoms. The molecule has 5 nitrogen and oxygen atoms in total. The second-order valence-electron chi connectivity index (χ2n) is 9.33. The Morgan fingerprint density at radius 1 is 0.944 bits per heavy atom. The van der Waals surface area contributed by atoms with Gasteiger partial charge in [0.1, 0.15) is 17.4 Å². The van der Waals surface area contributed by atoms with Gasteiger partial charge in [0.25, 0.3) is 0 Å². The Morgan fingerprint density at radius 2 is 1.72 bits per heavy atom.